The van der Waals surface area contributed by atoms with Crippen LogP contribution in [-0.2, 0) is 4.79 Å². The molecule has 3 nitrogen and oxygen atoms in total. The quantitative estimate of drug-likeness (QED) is 0.443. The first-order chi connectivity index (χ1) is 3.18. The fourth-order valence-corrected chi connectivity index (χ4v) is 0.354. The van der Waals surface area contributed by atoms with E-state index in [-0.39, 0.29) is 0 Å². The molecule has 0 aromatic heterocycles. The molecule has 0 aliphatic heterocycles. The first kappa shape index (κ1) is 6.95. The molecule has 1 atom stereocenters. The summed E-state index contributed by atoms with van der Waals surface area (Å²) < 4.78 is 0. The van der Waals surface area contributed by atoms with E-state index in [2.05, 4.69) is 21.7 Å². The van der Waals surface area contributed by atoms with Crippen LogP contribution in [0, 0.1) is 0 Å². The molecule has 3 N–H and O–H groups in total. The van der Waals surface area contributed by atoms with E-state index < -0.39 is 12.0 Å². The Balaban J connectivity index is 3.34. The molecule has 0 unspecified atom stereocenters. The van der Waals surface area contributed by atoms with Crippen molar-refractivity contribution < 1.29 is 15.6 Å². The predicted molar refractivity (Wildman–Crippen MR) is 22.2 cm³/mol. The van der Waals surface area contributed by atoms with Crippen molar-refractivity contribution in [3.63, 3.8) is 0 Å². The third-order valence-electron chi connectivity index (χ3n) is 0.535. The zero-order chi connectivity index (χ0) is 5.86. The molecule has 0 aliphatic carbocycles. The van der Waals surface area contributed by atoms with Crippen molar-refractivity contribution in [2.75, 3.05) is 0 Å². The molecule has 1 radical (unpaired) electrons. The fourth-order valence-electron chi connectivity index (χ4n) is 0.0680. The first-order valence-electron chi connectivity index (χ1n) is 1.80. The van der Waals surface area contributed by atoms with Crippen LogP contribution in [0.3, 0.4) is 0 Å². The average molecular weight is 167 g/mol. The Bertz CT molecular complexity index is 75.3. The van der Waals surface area contributed by atoms with Crippen LogP contribution in [0.4, 0.5) is 0 Å². The van der Waals surface area contributed by atoms with E-state index in [1.807, 2.05) is 0 Å². The van der Waals surface area contributed by atoms with Crippen molar-refractivity contribution in [2.45, 2.75) is 11.4 Å². The van der Waals surface area contributed by atoms with Crippen LogP contribution in [0.5, 0.6) is 0 Å². The number of carboxylic acids is 1. The van der Waals surface area contributed by atoms with Gasteiger partial charge in [0.25, 0.3) is 0 Å². The van der Waals surface area contributed by atoms with Gasteiger partial charge in [-0.1, -0.05) is 0 Å². The molecule has 0 spiro atoms. The van der Waals surface area contributed by atoms with Gasteiger partial charge in [0.05, 0.1) is 0 Å². The standard InChI is InChI=1S/C3H6NO2Se/c4-2(1-7)3(5)6/h2H,1,4H2,(H,5,6)/t2-/m0/s1. The van der Waals surface area contributed by atoms with Crippen molar-refractivity contribution in [1.82, 2.24) is 0 Å². The Morgan fingerprint density at radius 2 is 2.43 bits per heavy atom. The summed E-state index contributed by atoms with van der Waals surface area (Å²) in [7, 11) is 0. The summed E-state index contributed by atoms with van der Waals surface area (Å²) in [5, 5.41) is 10.2. The minimum absolute atomic E-state index is 0.419. The second-order valence-electron chi connectivity index (χ2n) is 1.18. The van der Waals surface area contributed by atoms with E-state index in [1.165, 1.54) is 0 Å². The van der Waals surface area contributed by atoms with Gasteiger partial charge in [-0.3, -0.25) is 0 Å². The summed E-state index contributed by atoms with van der Waals surface area (Å²) in [6.07, 6.45) is 0. The van der Waals surface area contributed by atoms with Crippen molar-refractivity contribution in [3.05, 3.63) is 0 Å². The number of quaternary nitrogens is 1. The van der Waals surface area contributed by atoms with Gasteiger partial charge < -0.3 is 0 Å². The zero-order valence-corrected chi connectivity index (χ0v) is 5.43. The van der Waals surface area contributed by atoms with E-state index in [9.17, 15) is 9.90 Å². The topological polar surface area (TPSA) is 67.8 Å². The van der Waals surface area contributed by atoms with Crippen LogP contribution < -0.4 is 10.8 Å². The predicted octanol–water partition coefficient (Wildman–Crippen LogP) is -3.07. The maximum absolute atomic E-state index is 9.74. The number of carbonyl (C=O) groups is 1. The van der Waals surface area contributed by atoms with Crippen LogP contribution in [-0.4, -0.2) is 28.0 Å². The Kier molecular flexibility index (Phi) is 3.00. The van der Waals surface area contributed by atoms with Crippen molar-refractivity contribution >= 4 is 22.0 Å². The van der Waals surface area contributed by atoms with Crippen LogP contribution in [0.1, 0.15) is 0 Å². The van der Waals surface area contributed by atoms with E-state index >= 15 is 0 Å². The van der Waals surface area contributed by atoms with Crippen molar-refractivity contribution in [2.24, 2.45) is 0 Å². The van der Waals surface area contributed by atoms with E-state index in [1.54, 1.807) is 0 Å². The fraction of sp³-hybridized carbons (Fsp3) is 0.667. The van der Waals surface area contributed by atoms with E-state index in [4.69, 9.17) is 0 Å². The van der Waals surface area contributed by atoms with Gasteiger partial charge in [-0.2, -0.15) is 0 Å². The van der Waals surface area contributed by atoms with Gasteiger partial charge in [-0.05, 0) is 0 Å². The maximum atomic E-state index is 9.74. The molecule has 0 saturated carbocycles. The molecular weight excluding hydrogens is 161 g/mol. The van der Waals surface area contributed by atoms with Gasteiger partial charge in [0, 0.05) is 0 Å². The van der Waals surface area contributed by atoms with Crippen molar-refractivity contribution in [1.29, 1.82) is 0 Å². The summed E-state index contributed by atoms with van der Waals surface area (Å²) >= 11 is 2.54. The number of carbonyl (C=O) groups excluding carboxylic acids is 1. The molecule has 7 heavy (non-hydrogen) atoms. The number of hydrogen-bond acceptors (Lipinski definition) is 2. The molecule has 0 aromatic rings. The van der Waals surface area contributed by atoms with Crippen LogP contribution in [0.2, 0.25) is 5.32 Å². The molecule has 4 heteroatoms. The third-order valence-corrected chi connectivity index (χ3v) is 1.38. The van der Waals surface area contributed by atoms with Gasteiger partial charge >= 0.3 is 49.0 Å². The number of rotatable bonds is 2. The summed E-state index contributed by atoms with van der Waals surface area (Å²) in [6, 6.07) is -0.597. The number of carboxylic acid groups (broad SMARTS) is 1. The van der Waals surface area contributed by atoms with Gasteiger partial charge in [0.1, 0.15) is 0 Å². The molecule has 0 bridgehead atoms. The van der Waals surface area contributed by atoms with Gasteiger partial charge in [0.15, 0.2) is 0 Å². The molecule has 0 amide bonds. The average Bonchev–Trinajstić information content (AvgIpc) is 1.65. The molecule has 0 aromatic carbocycles. The molecule has 41 valence electrons. The van der Waals surface area contributed by atoms with Crippen LogP contribution >= 0.6 is 0 Å². The first-order valence-corrected chi connectivity index (χ1v) is 3.01. The monoisotopic (exact) mass is 168 g/mol. The number of aliphatic carboxylic acids is 1. The second kappa shape index (κ2) is 3.02. The SMILES string of the molecule is [NH3+][C@@H](C[Se])C(=O)[O-]. The Morgan fingerprint density at radius 1 is 2.00 bits per heavy atom. The van der Waals surface area contributed by atoms with Gasteiger partial charge in [-0.25, -0.2) is 0 Å². The molecule has 0 fully saturated rings. The van der Waals surface area contributed by atoms with E-state index in [0.29, 0.717) is 5.32 Å². The third kappa shape index (κ3) is 2.62. The summed E-state index contributed by atoms with van der Waals surface area (Å²) in [5.74, 6) is -1.10. The van der Waals surface area contributed by atoms with Crippen LogP contribution in [0.25, 0.3) is 0 Å². The number of hydrogen-bond donors (Lipinski definition) is 1. The Morgan fingerprint density at radius 3 is 2.43 bits per heavy atom. The molecular formula is C3H6NO2Se. The van der Waals surface area contributed by atoms with E-state index in [0.717, 1.165) is 0 Å². The molecule has 0 rings (SSSR count). The summed E-state index contributed by atoms with van der Waals surface area (Å²) in [6.45, 7) is 0. The molecule has 0 aliphatic rings. The Labute approximate surface area is 49.7 Å². The normalized spacial score (nSPS) is 13.4. The summed E-state index contributed by atoms with van der Waals surface area (Å²) in [5.41, 5.74) is 3.26. The zero-order valence-electron chi connectivity index (χ0n) is 3.72. The molecule has 0 saturated heterocycles. The van der Waals surface area contributed by atoms with Crippen LogP contribution in [0.15, 0.2) is 0 Å². The second-order valence-corrected chi connectivity index (χ2v) is 1.88. The van der Waals surface area contributed by atoms with Crippen molar-refractivity contribution in [3.8, 4) is 0 Å². The minimum atomic E-state index is -1.10. The summed E-state index contributed by atoms with van der Waals surface area (Å²) in [4.78, 5) is 9.74. The Hall–Kier alpha value is -0.0505. The van der Waals surface area contributed by atoms with Gasteiger partial charge in [0.2, 0.25) is 0 Å². The van der Waals surface area contributed by atoms with Gasteiger partial charge in [-0.15, -0.1) is 0 Å². The molecule has 0 heterocycles.